The fourth-order valence-corrected chi connectivity index (χ4v) is 3.34. The number of carbonyl (C=O) groups is 1. The highest BCUT2D eigenvalue weighted by molar-refractivity contribution is 9.10. The number of rotatable bonds is 2. The minimum Gasteiger partial charge on any atom is -0.294 e. The maximum Gasteiger partial charge on any atom is 0.165 e. The van der Waals surface area contributed by atoms with Crippen LogP contribution >= 0.6 is 15.9 Å². The monoisotopic (exact) mass is 322 g/mol. The number of halogens is 1. The van der Waals surface area contributed by atoms with Gasteiger partial charge in [0.25, 0.3) is 0 Å². The van der Waals surface area contributed by atoms with Gasteiger partial charge in [-0.25, -0.2) is 0 Å². The Bertz CT molecular complexity index is 469. The second-order valence-electron chi connectivity index (χ2n) is 6.25. The minimum absolute atomic E-state index is 0.228. The number of hydrogen-bond acceptors (Lipinski definition) is 1. The van der Waals surface area contributed by atoms with E-state index < -0.39 is 0 Å². The first-order valence-corrected chi connectivity index (χ1v) is 8.00. The Labute approximate surface area is 124 Å². The summed E-state index contributed by atoms with van der Waals surface area (Å²) in [5.74, 6) is 2.00. The maximum atomic E-state index is 12.7. The lowest BCUT2D eigenvalue weighted by molar-refractivity contribution is 0.0837. The number of carbonyl (C=O) groups excluding carboxylic acids is 1. The molecule has 2 heteroatoms. The molecule has 19 heavy (non-hydrogen) atoms. The zero-order valence-electron chi connectivity index (χ0n) is 12.3. The van der Waals surface area contributed by atoms with Crippen molar-refractivity contribution in [3.8, 4) is 0 Å². The van der Waals surface area contributed by atoms with E-state index >= 15 is 0 Å². The van der Waals surface area contributed by atoms with Gasteiger partial charge in [-0.2, -0.15) is 0 Å². The van der Waals surface area contributed by atoms with E-state index in [2.05, 4.69) is 43.6 Å². The molecule has 0 N–H and O–H groups in total. The molecule has 1 aliphatic carbocycles. The van der Waals surface area contributed by atoms with E-state index in [4.69, 9.17) is 0 Å². The fourth-order valence-electron chi connectivity index (χ4n) is 3.11. The summed E-state index contributed by atoms with van der Waals surface area (Å²) in [6, 6.07) is 4.06. The van der Waals surface area contributed by atoms with Crippen LogP contribution in [0, 0.1) is 31.6 Å². The number of benzene rings is 1. The van der Waals surface area contributed by atoms with Crippen LogP contribution in [0.15, 0.2) is 16.6 Å². The van der Waals surface area contributed by atoms with Gasteiger partial charge in [-0.15, -0.1) is 0 Å². The van der Waals surface area contributed by atoms with Gasteiger partial charge >= 0.3 is 0 Å². The van der Waals surface area contributed by atoms with E-state index in [-0.39, 0.29) is 5.92 Å². The van der Waals surface area contributed by atoms with Crippen LogP contribution in [-0.4, -0.2) is 5.78 Å². The van der Waals surface area contributed by atoms with Crippen LogP contribution in [-0.2, 0) is 0 Å². The second kappa shape index (κ2) is 5.78. The smallest absolute Gasteiger partial charge is 0.165 e. The summed E-state index contributed by atoms with van der Waals surface area (Å²) in [6.45, 7) is 8.69. The van der Waals surface area contributed by atoms with Crippen LogP contribution in [0.1, 0.15) is 54.6 Å². The molecular weight excluding hydrogens is 300 g/mol. The molecule has 0 aromatic heterocycles. The molecule has 1 aliphatic rings. The number of ketones is 1. The van der Waals surface area contributed by atoms with Crippen LogP contribution in [0.2, 0.25) is 0 Å². The first-order valence-electron chi connectivity index (χ1n) is 7.21. The molecule has 3 atom stereocenters. The lowest BCUT2D eigenvalue weighted by atomic mass is 9.73. The lowest BCUT2D eigenvalue weighted by Gasteiger charge is -2.31. The molecule has 1 nitrogen and oxygen atoms in total. The van der Waals surface area contributed by atoms with Crippen molar-refractivity contribution in [1.82, 2.24) is 0 Å². The number of hydrogen-bond donors (Lipinski definition) is 0. The largest absolute Gasteiger partial charge is 0.294 e. The molecule has 0 bridgehead atoms. The zero-order valence-corrected chi connectivity index (χ0v) is 13.9. The third-order valence-corrected chi connectivity index (χ3v) is 5.94. The van der Waals surface area contributed by atoms with Crippen molar-refractivity contribution in [2.24, 2.45) is 17.8 Å². The molecule has 2 rings (SSSR count). The molecule has 1 fully saturated rings. The molecule has 0 aliphatic heterocycles. The van der Waals surface area contributed by atoms with Crippen molar-refractivity contribution in [3.63, 3.8) is 0 Å². The van der Waals surface area contributed by atoms with Crippen LogP contribution < -0.4 is 0 Å². The predicted octanol–water partition coefficient (Wildman–Crippen LogP) is 5.32. The van der Waals surface area contributed by atoms with Gasteiger partial charge in [-0.3, -0.25) is 4.79 Å². The summed E-state index contributed by atoms with van der Waals surface area (Å²) in [7, 11) is 0. The van der Waals surface area contributed by atoms with Crippen molar-refractivity contribution in [2.75, 3.05) is 0 Å². The van der Waals surface area contributed by atoms with Crippen LogP contribution in [0.25, 0.3) is 0 Å². The molecule has 3 unspecified atom stereocenters. The molecule has 0 saturated heterocycles. The number of Topliss-reactive ketones (excluding diaryl/α,β-unsaturated/α-hetero) is 1. The fraction of sp³-hybridized carbons (Fsp3) is 0.588. The van der Waals surface area contributed by atoms with Crippen molar-refractivity contribution < 1.29 is 4.79 Å². The van der Waals surface area contributed by atoms with Gasteiger partial charge in [-0.1, -0.05) is 29.8 Å². The predicted molar refractivity (Wildman–Crippen MR) is 83.6 cm³/mol. The number of aryl methyl sites for hydroxylation is 2. The summed E-state index contributed by atoms with van der Waals surface area (Å²) in [6.07, 6.45) is 3.29. The van der Waals surface area contributed by atoms with E-state index in [0.717, 1.165) is 39.9 Å². The SMILES string of the molecule is Cc1cc(C(=O)C2CCC(C)C(C)C2)cc(C)c1Br. The maximum absolute atomic E-state index is 12.7. The molecule has 0 radical (unpaired) electrons. The molecule has 1 saturated carbocycles. The standard InChI is InChI=1S/C17H23BrO/c1-10-5-6-14(7-11(10)2)17(19)15-8-12(3)16(18)13(4)9-15/h8-11,14H,5-7H2,1-4H3. The Hall–Kier alpha value is -0.630. The average Bonchev–Trinajstić information content (AvgIpc) is 2.37. The normalized spacial score (nSPS) is 27.3. The van der Waals surface area contributed by atoms with E-state index in [1.54, 1.807) is 0 Å². The zero-order chi connectivity index (χ0) is 14.2. The van der Waals surface area contributed by atoms with Gasteiger partial charge in [0.2, 0.25) is 0 Å². The summed E-state index contributed by atoms with van der Waals surface area (Å²) >= 11 is 3.56. The Kier molecular flexibility index (Phi) is 4.50. The van der Waals surface area contributed by atoms with E-state index in [1.165, 1.54) is 6.42 Å². The molecule has 0 spiro atoms. The highest BCUT2D eigenvalue weighted by Gasteiger charge is 2.29. The minimum atomic E-state index is 0.228. The van der Waals surface area contributed by atoms with Crippen LogP contribution in [0.5, 0.6) is 0 Å². The van der Waals surface area contributed by atoms with Gasteiger partial charge in [0.05, 0.1) is 0 Å². The summed E-state index contributed by atoms with van der Waals surface area (Å²) in [4.78, 5) is 12.7. The Morgan fingerprint density at radius 3 is 2.21 bits per heavy atom. The Morgan fingerprint density at radius 1 is 1.11 bits per heavy atom. The van der Waals surface area contributed by atoms with E-state index in [0.29, 0.717) is 11.7 Å². The first kappa shape index (κ1) is 14.8. The van der Waals surface area contributed by atoms with E-state index in [1.807, 2.05) is 12.1 Å². The van der Waals surface area contributed by atoms with Crippen molar-refractivity contribution >= 4 is 21.7 Å². The summed E-state index contributed by atoms with van der Waals surface area (Å²) in [5.41, 5.74) is 3.20. The highest BCUT2D eigenvalue weighted by atomic mass is 79.9. The van der Waals surface area contributed by atoms with Crippen LogP contribution in [0.4, 0.5) is 0 Å². The summed E-state index contributed by atoms with van der Waals surface area (Å²) in [5, 5.41) is 0. The quantitative estimate of drug-likeness (QED) is 0.673. The van der Waals surface area contributed by atoms with E-state index in [9.17, 15) is 4.79 Å². The van der Waals surface area contributed by atoms with Gasteiger partial charge in [0, 0.05) is 16.0 Å². The third kappa shape index (κ3) is 3.10. The van der Waals surface area contributed by atoms with Gasteiger partial charge in [0.15, 0.2) is 5.78 Å². The average molecular weight is 323 g/mol. The molecule has 1 aromatic carbocycles. The lowest BCUT2D eigenvalue weighted by Crippen LogP contribution is -2.26. The Balaban J connectivity index is 2.20. The van der Waals surface area contributed by atoms with Crippen LogP contribution in [0.3, 0.4) is 0 Å². The highest BCUT2D eigenvalue weighted by Crippen LogP contribution is 2.35. The molecule has 1 aromatic rings. The van der Waals surface area contributed by atoms with Gasteiger partial charge < -0.3 is 0 Å². The third-order valence-electron chi connectivity index (χ3n) is 4.69. The molecule has 0 amide bonds. The van der Waals surface area contributed by atoms with Gasteiger partial charge in [0.1, 0.15) is 0 Å². The Morgan fingerprint density at radius 2 is 1.68 bits per heavy atom. The van der Waals surface area contributed by atoms with Crippen molar-refractivity contribution in [3.05, 3.63) is 33.3 Å². The van der Waals surface area contributed by atoms with Crippen molar-refractivity contribution in [1.29, 1.82) is 0 Å². The topological polar surface area (TPSA) is 17.1 Å². The molecular formula is C17H23BrO. The molecule has 0 heterocycles. The second-order valence-corrected chi connectivity index (χ2v) is 7.05. The van der Waals surface area contributed by atoms with Gasteiger partial charge in [-0.05, 0) is 68.2 Å². The van der Waals surface area contributed by atoms with Crippen molar-refractivity contribution in [2.45, 2.75) is 47.0 Å². The first-order chi connectivity index (χ1) is 8.90. The molecule has 104 valence electrons. The summed E-state index contributed by atoms with van der Waals surface area (Å²) < 4.78 is 1.12.